The molecule has 1 atom stereocenters. The molecule has 0 bridgehead atoms. The maximum Gasteiger partial charge on any atom is 0.416 e. The van der Waals surface area contributed by atoms with Crippen LogP contribution in [0.25, 0.3) is 0 Å². The smallest absolute Gasteiger partial charge is 0.337 e. The number of nitrogens with two attached hydrogens (primary N) is 1. The van der Waals surface area contributed by atoms with Crippen LogP contribution in [0.15, 0.2) is 24.3 Å². The van der Waals surface area contributed by atoms with Crippen LogP contribution in [0.1, 0.15) is 17.5 Å². The molecule has 0 saturated carbocycles. The maximum atomic E-state index is 12.5. The Kier molecular flexibility index (Phi) is 3.30. The second-order valence-electron chi connectivity index (χ2n) is 4.35. The highest BCUT2D eigenvalue weighted by atomic mass is 19.4. The van der Waals surface area contributed by atoms with Gasteiger partial charge in [-0.15, -0.1) is 0 Å². The number of halogens is 3. The number of amides is 1. The van der Waals surface area contributed by atoms with E-state index in [1.165, 1.54) is 11.0 Å². The van der Waals surface area contributed by atoms with Crippen LogP contribution in [-0.2, 0) is 17.5 Å². The lowest BCUT2D eigenvalue weighted by Gasteiger charge is -2.17. The van der Waals surface area contributed by atoms with Crippen molar-refractivity contribution in [2.45, 2.75) is 25.2 Å². The Bertz CT molecular complexity index is 459. The number of hydrogen-bond donors (Lipinski definition) is 1. The molecule has 0 aromatic heterocycles. The molecule has 1 amide bonds. The predicted octanol–water partition coefficient (Wildman–Crippen LogP) is 1.76. The van der Waals surface area contributed by atoms with E-state index < -0.39 is 17.8 Å². The summed E-state index contributed by atoms with van der Waals surface area (Å²) >= 11 is 0. The number of benzene rings is 1. The van der Waals surface area contributed by atoms with Crippen LogP contribution in [0.2, 0.25) is 0 Å². The highest BCUT2D eigenvalue weighted by Gasteiger charge is 2.31. The van der Waals surface area contributed by atoms with Crippen molar-refractivity contribution in [1.29, 1.82) is 0 Å². The standard InChI is InChI=1S/C12H13F3N2O/c13-12(14,15)9-3-1-2-8(6-9)7-17-5-4-10(16)11(17)18/h1-3,6,10H,4-5,7,16H2/t10-/m0/s1. The molecule has 3 nitrogen and oxygen atoms in total. The molecule has 1 aliphatic rings. The summed E-state index contributed by atoms with van der Waals surface area (Å²) in [6.07, 6.45) is -3.81. The van der Waals surface area contributed by atoms with E-state index in [4.69, 9.17) is 5.73 Å². The van der Waals surface area contributed by atoms with Crippen molar-refractivity contribution < 1.29 is 18.0 Å². The van der Waals surface area contributed by atoms with Crippen molar-refractivity contribution >= 4 is 5.91 Å². The van der Waals surface area contributed by atoms with Gasteiger partial charge in [0.2, 0.25) is 5.91 Å². The second kappa shape index (κ2) is 4.61. The van der Waals surface area contributed by atoms with Crippen LogP contribution in [0.3, 0.4) is 0 Å². The summed E-state index contributed by atoms with van der Waals surface area (Å²) in [6, 6.07) is 4.49. The monoisotopic (exact) mass is 258 g/mol. The first-order valence-electron chi connectivity index (χ1n) is 5.58. The molecule has 1 heterocycles. The number of hydrogen-bond acceptors (Lipinski definition) is 2. The van der Waals surface area contributed by atoms with Crippen LogP contribution in [0.4, 0.5) is 13.2 Å². The summed E-state index contributed by atoms with van der Waals surface area (Å²) in [7, 11) is 0. The molecule has 1 aromatic rings. The molecular formula is C12H13F3N2O. The molecule has 6 heteroatoms. The largest absolute Gasteiger partial charge is 0.416 e. The number of likely N-dealkylation sites (tertiary alicyclic amines) is 1. The topological polar surface area (TPSA) is 46.3 Å². The fourth-order valence-corrected chi connectivity index (χ4v) is 1.99. The van der Waals surface area contributed by atoms with Crippen LogP contribution in [0.5, 0.6) is 0 Å². The Morgan fingerprint density at radius 3 is 2.67 bits per heavy atom. The Morgan fingerprint density at radius 2 is 2.11 bits per heavy atom. The van der Waals surface area contributed by atoms with E-state index in [1.54, 1.807) is 6.07 Å². The highest BCUT2D eigenvalue weighted by Crippen LogP contribution is 2.30. The van der Waals surface area contributed by atoms with E-state index in [9.17, 15) is 18.0 Å². The van der Waals surface area contributed by atoms with E-state index in [2.05, 4.69) is 0 Å². The van der Waals surface area contributed by atoms with Gasteiger partial charge >= 0.3 is 6.18 Å². The first-order chi connectivity index (χ1) is 8.38. The minimum atomic E-state index is -4.36. The lowest BCUT2D eigenvalue weighted by atomic mass is 10.1. The Hall–Kier alpha value is -1.56. The van der Waals surface area contributed by atoms with Crippen molar-refractivity contribution in [3.63, 3.8) is 0 Å². The van der Waals surface area contributed by atoms with Crippen molar-refractivity contribution in [3.05, 3.63) is 35.4 Å². The molecule has 0 aliphatic carbocycles. The van der Waals surface area contributed by atoms with Gasteiger partial charge in [-0.05, 0) is 24.1 Å². The second-order valence-corrected chi connectivity index (χ2v) is 4.35. The first-order valence-corrected chi connectivity index (χ1v) is 5.58. The zero-order valence-corrected chi connectivity index (χ0v) is 9.57. The van der Waals surface area contributed by atoms with Crippen LogP contribution in [-0.4, -0.2) is 23.4 Å². The van der Waals surface area contributed by atoms with Crippen LogP contribution >= 0.6 is 0 Å². The molecule has 1 saturated heterocycles. The molecular weight excluding hydrogens is 245 g/mol. The van der Waals surface area contributed by atoms with Crippen LogP contribution < -0.4 is 5.73 Å². The van der Waals surface area contributed by atoms with Gasteiger partial charge < -0.3 is 10.6 Å². The van der Waals surface area contributed by atoms with Crippen LogP contribution in [0, 0.1) is 0 Å². The van der Waals surface area contributed by atoms with Gasteiger partial charge in [-0.1, -0.05) is 12.1 Å². The fourth-order valence-electron chi connectivity index (χ4n) is 1.99. The van der Waals surface area contributed by atoms with E-state index in [0.29, 0.717) is 18.5 Å². The van der Waals surface area contributed by atoms with Gasteiger partial charge in [-0.2, -0.15) is 13.2 Å². The lowest BCUT2D eigenvalue weighted by molar-refractivity contribution is -0.137. The average molecular weight is 258 g/mol. The maximum absolute atomic E-state index is 12.5. The van der Waals surface area contributed by atoms with E-state index in [0.717, 1.165) is 12.1 Å². The van der Waals surface area contributed by atoms with Crippen molar-refractivity contribution in [3.8, 4) is 0 Å². The Morgan fingerprint density at radius 1 is 1.39 bits per heavy atom. The quantitative estimate of drug-likeness (QED) is 0.878. The zero-order valence-electron chi connectivity index (χ0n) is 9.57. The number of carbonyl (C=O) groups excluding carboxylic acids is 1. The molecule has 2 rings (SSSR count). The lowest BCUT2D eigenvalue weighted by Crippen LogP contribution is -2.33. The molecule has 2 N–H and O–H groups in total. The number of rotatable bonds is 2. The third-order valence-electron chi connectivity index (χ3n) is 2.97. The van der Waals surface area contributed by atoms with Gasteiger partial charge in [-0.3, -0.25) is 4.79 Å². The van der Waals surface area contributed by atoms with E-state index in [-0.39, 0.29) is 12.5 Å². The number of alkyl halides is 3. The highest BCUT2D eigenvalue weighted by molar-refractivity contribution is 5.83. The third-order valence-corrected chi connectivity index (χ3v) is 2.97. The Balaban J connectivity index is 2.13. The van der Waals surface area contributed by atoms with Gasteiger partial charge in [0.1, 0.15) is 0 Å². The van der Waals surface area contributed by atoms with Crippen molar-refractivity contribution in [2.24, 2.45) is 5.73 Å². The first kappa shape index (κ1) is 12.9. The molecule has 0 radical (unpaired) electrons. The molecule has 1 aliphatic heterocycles. The average Bonchev–Trinajstić information content (AvgIpc) is 2.60. The van der Waals surface area contributed by atoms with Gasteiger partial charge in [0.15, 0.2) is 0 Å². The van der Waals surface area contributed by atoms with Gasteiger partial charge in [0.05, 0.1) is 11.6 Å². The molecule has 1 fully saturated rings. The molecule has 18 heavy (non-hydrogen) atoms. The van der Waals surface area contributed by atoms with E-state index in [1.807, 2.05) is 0 Å². The minimum absolute atomic E-state index is 0.177. The van der Waals surface area contributed by atoms with Crippen molar-refractivity contribution in [2.75, 3.05) is 6.54 Å². The minimum Gasteiger partial charge on any atom is -0.337 e. The molecule has 0 spiro atoms. The Labute approximate surface area is 102 Å². The predicted molar refractivity (Wildman–Crippen MR) is 59.5 cm³/mol. The summed E-state index contributed by atoms with van der Waals surface area (Å²) < 4.78 is 37.6. The summed E-state index contributed by atoms with van der Waals surface area (Å²) in [4.78, 5) is 13.1. The number of carbonyl (C=O) groups is 1. The molecule has 98 valence electrons. The SMILES string of the molecule is N[C@H]1CCN(Cc2cccc(C(F)(F)F)c2)C1=O. The summed E-state index contributed by atoms with van der Waals surface area (Å²) in [5.74, 6) is -0.201. The molecule has 0 unspecified atom stereocenters. The van der Waals surface area contributed by atoms with Gasteiger partial charge in [0, 0.05) is 13.1 Å². The normalized spacial score (nSPS) is 20.6. The summed E-state index contributed by atoms with van der Waals surface area (Å²) in [6.45, 7) is 0.673. The summed E-state index contributed by atoms with van der Waals surface area (Å²) in [5, 5.41) is 0. The molecule has 1 aromatic carbocycles. The zero-order chi connectivity index (χ0) is 13.3. The van der Waals surface area contributed by atoms with Gasteiger partial charge in [-0.25, -0.2) is 0 Å². The third kappa shape index (κ3) is 2.64. The summed E-state index contributed by atoms with van der Waals surface area (Å²) in [5.41, 5.74) is 5.32. The fraction of sp³-hybridized carbons (Fsp3) is 0.417. The van der Waals surface area contributed by atoms with E-state index >= 15 is 0 Å². The van der Waals surface area contributed by atoms with Crippen molar-refractivity contribution in [1.82, 2.24) is 4.90 Å². The number of nitrogens with zero attached hydrogens (tertiary/aromatic N) is 1. The van der Waals surface area contributed by atoms with Gasteiger partial charge in [0.25, 0.3) is 0 Å².